The van der Waals surface area contributed by atoms with Crippen LogP contribution in [0.2, 0.25) is 0 Å². The lowest BCUT2D eigenvalue weighted by Gasteiger charge is -2.31. The highest BCUT2D eigenvalue weighted by Gasteiger charge is 2.57. The number of alkyl halides is 3. The van der Waals surface area contributed by atoms with Crippen LogP contribution in [0.1, 0.15) is 28.7 Å². The van der Waals surface area contributed by atoms with Gasteiger partial charge in [0.05, 0.1) is 17.8 Å². The molecule has 2 aromatic carbocycles. The predicted octanol–water partition coefficient (Wildman–Crippen LogP) is 3.96. The molecular formula is C27H20F6N4O4. The Kier molecular flexibility index (Phi) is 6.48. The third-order valence-electron chi connectivity index (χ3n) is 7.03. The largest absolute Gasteiger partial charge is 0.489 e. The van der Waals surface area contributed by atoms with E-state index in [0.717, 1.165) is 30.3 Å². The van der Waals surface area contributed by atoms with Crippen LogP contribution in [-0.2, 0) is 15.8 Å². The Morgan fingerprint density at radius 1 is 1.10 bits per heavy atom. The number of fused-ring (bicyclic) bond motifs is 2. The summed E-state index contributed by atoms with van der Waals surface area (Å²) in [5.74, 6) is -4.76. The second-order valence-electron chi connectivity index (χ2n) is 9.80. The molecule has 41 heavy (non-hydrogen) atoms. The lowest BCUT2D eigenvalue weighted by atomic mass is 9.81. The summed E-state index contributed by atoms with van der Waals surface area (Å²) in [5.41, 5.74) is -1.65. The maximum atomic E-state index is 14.5. The number of halogens is 6. The number of aromatic amines is 1. The maximum Gasteiger partial charge on any atom is 0.424 e. The minimum absolute atomic E-state index is 0.0810. The Bertz CT molecular complexity index is 1700. The number of H-pyrrole nitrogens is 1. The average Bonchev–Trinajstić information content (AvgIpc) is 3.49. The number of nitrogens with zero attached hydrogens (tertiary/aromatic N) is 1. The van der Waals surface area contributed by atoms with Crippen LogP contribution in [0, 0.1) is 17.5 Å². The predicted molar refractivity (Wildman–Crippen MR) is 132 cm³/mol. The number of ether oxygens (including phenoxy) is 1. The molecule has 0 saturated heterocycles. The molecular weight excluding hydrogens is 558 g/mol. The molecule has 14 heteroatoms. The van der Waals surface area contributed by atoms with Gasteiger partial charge < -0.3 is 25.9 Å². The molecule has 2 amide bonds. The van der Waals surface area contributed by atoms with Crippen LogP contribution < -0.4 is 15.8 Å². The molecule has 2 aromatic heterocycles. The molecule has 5 rings (SSSR count). The molecule has 5 N–H and O–H groups in total. The van der Waals surface area contributed by atoms with Gasteiger partial charge in [0, 0.05) is 22.6 Å². The third kappa shape index (κ3) is 4.63. The van der Waals surface area contributed by atoms with Crippen LogP contribution in [0.4, 0.5) is 26.3 Å². The number of carbonyl (C=O) groups is 2. The molecule has 0 aliphatic carbocycles. The zero-order valence-corrected chi connectivity index (χ0v) is 21.0. The van der Waals surface area contributed by atoms with Crippen molar-refractivity contribution in [3.05, 3.63) is 82.9 Å². The van der Waals surface area contributed by atoms with Gasteiger partial charge in [-0.1, -0.05) is 0 Å². The van der Waals surface area contributed by atoms with Gasteiger partial charge in [0.1, 0.15) is 46.6 Å². The van der Waals surface area contributed by atoms with Crippen LogP contribution in [0.5, 0.6) is 5.75 Å². The van der Waals surface area contributed by atoms with Crippen molar-refractivity contribution in [1.29, 1.82) is 0 Å². The molecule has 0 spiro atoms. The van der Waals surface area contributed by atoms with E-state index in [-0.39, 0.29) is 40.1 Å². The first-order valence-corrected chi connectivity index (χ1v) is 11.9. The van der Waals surface area contributed by atoms with Crippen molar-refractivity contribution in [2.24, 2.45) is 5.73 Å². The number of primary amides is 1. The van der Waals surface area contributed by atoms with Crippen molar-refractivity contribution >= 4 is 22.7 Å². The highest BCUT2D eigenvalue weighted by molar-refractivity contribution is 5.98. The standard InChI is InChI=1S/C27H20F6N4O4/c1-25(24(34)39)11-41-22-16(25)9-20(37-21(22)12-2-4-13(28)5-3-12)26(40,27(31,32)33)10-35-23(38)19-8-15-17(30)6-14(29)7-18(15)36-19/h2-9,36,40H,10-11H2,1H3,(H2,34,39)(H,35,38)/t25-,26-/m0/s1. The van der Waals surface area contributed by atoms with Gasteiger partial charge in [-0.25, -0.2) is 18.2 Å². The zero-order chi connectivity index (χ0) is 29.9. The number of hydrogen-bond acceptors (Lipinski definition) is 5. The van der Waals surface area contributed by atoms with E-state index in [0.29, 0.717) is 6.07 Å². The maximum absolute atomic E-state index is 14.5. The number of pyridine rings is 1. The minimum atomic E-state index is -5.43. The van der Waals surface area contributed by atoms with Crippen molar-refractivity contribution < 1.29 is 45.8 Å². The van der Waals surface area contributed by atoms with Gasteiger partial charge in [-0.05, 0) is 49.4 Å². The third-order valence-corrected chi connectivity index (χ3v) is 7.03. The van der Waals surface area contributed by atoms with Crippen LogP contribution in [-0.4, -0.2) is 46.2 Å². The van der Waals surface area contributed by atoms with E-state index in [2.05, 4.69) is 9.97 Å². The fraction of sp³-hybridized carbons (Fsp3) is 0.222. The van der Waals surface area contributed by atoms with E-state index in [9.17, 15) is 41.0 Å². The molecule has 0 unspecified atom stereocenters. The molecule has 4 aromatic rings. The fourth-order valence-corrected chi connectivity index (χ4v) is 4.52. The van der Waals surface area contributed by atoms with Crippen molar-refractivity contribution in [3.8, 4) is 17.0 Å². The topological polar surface area (TPSA) is 130 Å². The minimum Gasteiger partial charge on any atom is -0.489 e. The number of amides is 2. The summed E-state index contributed by atoms with van der Waals surface area (Å²) < 4.78 is 90.2. The molecule has 0 bridgehead atoms. The molecule has 3 heterocycles. The number of hydrogen-bond donors (Lipinski definition) is 4. The fourth-order valence-electron chi connectivity index (χ4n) is 4.52. The summed E-state index contributed by atoms with van der Waals surface area (Å²) in [4.78, 5) is 31.5. The van der Waals surface area contributed by atoms with Gasteiger partial charge in [0.15, 0.2) is 0 Å². The molecule has 1 aliphatic heterocycles. The number of aliphatic hydroxyl groups is 1. The summed E-state index contributed by atoms with van der Waals surface area (Å²) in [7, 11) is 0. The van der Waals surface area contributed by atoms with Crippen molar-refractivity contribution in [1.82, 2.24) is 15.3 Å². The monoisotopic (exact) mass is 578 g/mol. The summed E-state index contributed by atoms with van der Waals surface area (Å²) in [6.45, 7) is -0.467. The molecule has 8 nitrogen and oxygen atoms in total. The first-order valence-electron chi connectivity index (χ1n) is 11.9. The smallest absolute Gasteiger partial charge is 0.424 e. The second-order valence-corrected chi connectivity index (χ2v) is 9.80. The van der Waals surface area contributed by atoms with Gasteiger partial charge in [-0.2, -0.15) is 13.2 Å². The Labute approximate surface area is 227 Å². The van der Waals surface area contributed by atoms with E-state index in [1.54, 1.807) is 0 Å². The number of rotatable bonds is 6. The van der Waals surface area contributed by atoms with Crippen molar-refractivity contribution in [3.63, 3.8) is 0 Å². The number of carbonyl (C=O) groups excluding carboxylic acids is 2. The van der Waals surface area contributed by atoms with Gasteiger partial charge in [0.2, 0.25) is 11.5 Å². The van der Waals surface area contributed by atoms with E-state index in [1.165, 1.54) is 19.1 Å². The quantitative estimate of drug-likeness (QED) is 0.258. The Morgan fingerprint density at radius 3 is 2.41 bits per heavy atom. The van der Waals surface area contributed by atoms with E-state index in [1.807, 2.05) is 5.32 Å². The summed E-state index contributed by atoms with van der Waals surface area (Å²) in [6, 6.07) is 7.76. The number of nitrogens with two attached hydrogens (primary N) is 1. The van der Waals surface area contributed by atoms with Crippen LogP contribution in [0.15, 0.2) is 48.5 Å². The van der Waals surface area contributed by atoms with Crippen molar-refractivity contribution in [2.75, 3.05) is 13.2 Å². The molecule has 214 valence electrons. The Morgan fingerprint density at radius 2 is 1.78 bits per heavy atom. The van der Waals surface area contributed by atoms with Gasteiger partial charge in [-0.15, -0.1) is 0 Å². The molecule has 0 radical (unpaired) electrons. The first kappa shape index (κ1) is 28.0. The van der Waals surface area contributed by atoms with Crippen LogP contribution in [0.25, 0.3) is 22.2 Å². The number of nitrogens with one attached hydrogen (secondary N) is 2. The molecule has 0 saturated carbocycles. The van der Waals surface area contributed by atoms with Gasteiger partial charge in [-0.3, -0.25) is 9.59 Å². The Balaban J connectivity index is 1.58. The molecule has 0 fully saturated rings. The van der Waals surface area contributed by atoms with E-state index < -0.39 is 64.4 Å². The first-order chi connectivity index (χ1) is 19.1. The SMILES string of the molecule is C[C@]1(C(N)=O)COc2c1cc([C@@](O)(CNC(=O)c1cc3c(F)cc(F)cc3[nH]1)C(F)(F)F)nc2-c1ccc(F)cc1. The zero-order valence-electron chi connectivity index (χ0n) is 21.0. The lowest BCUT2D eigenvalue weighted by molar-refractivity contribution is -0.265. The van der Waals surface area contributed by atoms with E-state index in [4.69, 9.17) is 10.5 Å². The van der Waals surface area contributed by atoms with Gasteiger partial charge in [0.25, 0.3) is 5.91 Å². The normalized spacial score (nSPS) is 18.0. The Hall–Kier alpha value is -4.59. The van der Waals surface area contributed by atoms with E-state index >= 15 is 0 Å². The van der Waals surface area contributed by atoms with Crippen molar-refractivity contribution in [2.45, 2.75) is 24.1 Å². The number of benzene rings is 2. The summed E-state index contributed by atoms with van der Waals surface area (Å²) >= 11 is 0. The van der Waals surface area contributed by atoms with Crippen LogP contribution in [0.3, 0.4) is 0 Å². The highest BCUT2D eigenvalue weighted by atomic mass is 19.4. The average molecular weight is 578 g/mol. The highest BCUT2D eigenvalue weighted by Crippen LogP contribution is 2.47. The summed E-state index contributed by atoms with van der Waals surface area (Å²) in [6.07, 6.45) is -5.43. The van der Waals surface area contributed by atoms with Crippen LogP contribution >= 0.6 is 0 Å². The second kappa shape index (κ2) is 9.51. The lowest BCUT2D eigenvalue weighted by Crippen LogP contribution is -2.52. The van der Waals surface area contributed by atoms with Gasteiger partial charge >= 0.3 is 6.18 Å². The summed E-state index contributed by atoms with van der Waals surface area (Å²) in [5, 5.41) is 12.8. The number of aromatic nitrogens is 2. The molecule has 2 atom stereocenters. The molecule has 1 aliphatic rings.